The van der Waals surface area contributed by atoms with E-state index in [4.69, 9.17) is 0 Å². The third kappa shape index (κ3) is 14.9. The van der Waals surface area contributed by atoms with Crippen molar-refractivity contribution in [2.24, 2.45) is 10.8 Å². The lowest BCUT2D eigenvalue weighted by molar-refractivity contribution is -0.125. The topological polar surface area (TPSA) is 75.3 Å². The zero-order valence-corrected chi connectivity index (χ0v) is 17.4. The molecule has 0 heterocycles. The number of rotatable bonds is 10. The lowest BCUT2D eigenvalue weighted by Gasteiger charge is -2.19. The summed E-state index contributed by atoms with van der Waals surface area (Å²) >= 11 is 0. The van der Waals surface area contributed by atoms with Gasteiger partial charge in [-0.2, -0.15) is 0 Å². The average Bonchev–Trinajstić information content (AvgIpc) is 2.37. The second kappa shape index (κ2) is 11.0. The maximum atomic E-state index is 11.8. The summed E-state index contributed by atoms with van der Waals surface area (Å²) in [7, 11) is 3.12. The van der Waals surface area contributed by atoms with Crippen molar-refractivity contribution >= 4 is 39.7 Å². The molecular weight excluding hydrogens is 344 g/mol. The number of hydrogen-bond donors (Lipinski definition) is 2. The molecule has 0 saturated carbocycles. The van der Waals surface area contributed by atoms with Crippen molar-refractivity contribution in [3.63, 3.8) is 0 Å². The molecule has 24 heavy (non-hydrogen) atoms. The molecule has 0 spiro atoms. The third-order valence-electron chi connectivity index (χ3n) is 2.73. The second-order valence-electron chi connectivity index (χ2n) is 8.24. The lowest BCUT2D eigenvalue weighted by atomic mass is 9.92. The minimum absolute atomic E-state index is 0.00554. The normalized spacial score (nSPS) is 13.2. The van der Waals surface area contributed by atoms with Gasteiger partial charge in [0.05, 0.1) is 6.04 Å². The van der Waals surface area contributed by atoms with E-state index in [1.807, 2.05) is 41.5 Å². The van der Waals surface area contributed by atoms with Crippen LogP contribution in [0, 0.1) is 10.8 Å². The van der Waals surface area contributed by atoms with E-state index in [0.29, 0.717) is 25.1 Å². The molecular formula is C17H32N2O3S2. The first-order chi connectivity index (χ1) is 10.9. The number of aldehydes is 1. The Hall–Kier alpha value is -0.690. The maximum Gasteiger partial charge on any atom is 0.221 e. The summed E-state index contributed by atoms with van der Waals surface area (Å²) in [5, 5.41) is 5.63. The molecule has 0 aromatic carbocycles. The number of nitrogens with one attached hydrogen (secondary N) is 2. The molecule has 1 atom stereocenters. The van der Waals surface area contributed by atoms with Crippen molar-refractivity contribution in [2.45, 2.75) is 60.4 Å². The molecule has 140 valence electrons. The lowest BCUT2D eigenvalue weighted by Crippen LogP contribution is -2.39. The first kappa shape index (κ1) is 23.3. The van der Waals surface area contributed by atoms with Gasteiger partial charge in [-0.25, -0.2) is 0 Å². The molecule has 0 aliphatic carbocycles. The number of carbonyl (C=O) groups is 3. The predicted octanol–water partition coefficient (Wildman–Crippen LogP) is 3.04. The van der Waals surface area contributed by atoms with E-state index in [1.165, 1.54) is 10.8 Å². The van der Waals surface area contributed by atoms with Crippen LogP contribution in [-0.4, -0.2) is 42.2 Å². The van der Waals surface area contributed by atoms with Crippen molar-refractivity contribution in [1.29, 1.82) is 0 Å². The highest BCUT2D eigenvalue weighted by Crippen LogP contribution is 2.22. The smallest absolute Gasteiger partial charge is 0.221 e. The Morgan fingerprint density at radius 3 is 2.00 bits per heavy atom. The quantitative estimate of drug-likeness (QED) is 0.348. The van der Waals surface area contributed by atoms with Crippen LogP contribution >= 0.6 is 21.6 Å². The van der Waals surface area contributed by atoms with Crippen LogP contribution in [0.3, 0.4) is 0 Å². The monoisotopic (exact) mass is 376 g/mol. The van der Waals surface area contributed by atoms with E-state index in [-0.39, 0.29) is 22.6 Å². The summed E-state index contributed by atoms with van der Waals surface area (Å²) in [4.78, 5) is 34.5. The Morgan fingerprint density at radius 2 is 1.50 bits per heavy atom. The SMILES string of the molecule is CC(C)(C)CC(=O)NCCSSC[C@@H](C=O)NC(=O)CC(C)(C)C. The van der Waals surface area contributed by atoms with E-state index in [0.717, 1.165) is 12.0 Å². The van der Waals surface area contributed by atoms with Crippen molar-refractivity contribution in [3.05, 3.63) is 0 Å². The Bertz CT molecular complexity index is 415. The van der Waals surface area contributed by atoms with Gasteiger partial charge in [0.1, 0.15) is 6.29 Å². The molecule has 5 nitrogen and oxygen atoms in total. The van der Waals surface area contributed by atoms with Gasteiger partial charge in [0.15, 0.2) is 0 Å². The maximum absolute atomic E-state index is 11.8. The van der Waals surface area contributed by atoms with E-state index in [9.17, 15) is 14.4 Å². The van der Waals surface area contributed by atoms with Gasteiger partial charge in [-0.3, -0.25) is 9.59 Å². The average molecular weight is 377 g/mol. The van der Waals surface area contributed by atoms with Crippen LogP contribution in [0.5, 0.6) is 0 Å². The second-order valence-corrected chi connectivity index (χ2v) is 10.9. The molecule has 0 fully saturated rings. The molecule has 0 rings (SSSR count). The molecule has 0 unspecified atom stereocenters. The minimum atomic E-state index is -0.465. The van der Waals surface area contributed by atoms with Gasteiger partial charge in [-0.15, -0.1) is 0 Å². The first-order valence-electron chi connectivity index (χ1n) is 8.19. The van der Waals surface area contributed by atoms with Gasteiger partial charge in [0.25, 0.3) is 0 Å². The summed E-state index contributed by atoms with van der Waals surface area (Å²) in [6.07, 6.45) is 1.69. The summed E-state index contributed by atoms with van der Waals surface area (Å²) in [6, 6.07) is -0.465. The van der Waals surface area contributed by atoms with Crippen molar-refractivity contribution < 1.29 is 14.4 Å². The number of amides is 2. The molecule has 0 aliphatic rings. The Labute approximate surface area is 154 Å². The van der Waals surface area contributed by atoms with Crippen LogP contribution in [0.4, 0.5) is 0 Å². The summed E-state index contributed by atoms with van der Waals surface area (Å²) in [5.74, 6) is 1.26. The molecule has 0 saturated heterocycles. The van der Waals surface area contributed by atoms with Gasteiger partial charge in [-0.05, 0) is 10.8 Å². The van der Waals surface area contributed by atoms with Gasteiger partial charge < -0.3 is 15.4 Å². The van der Waals surface area contributed by atoms with Gasteiger partial charge in [0.2, 0.25) is 11.8 Å². The van der Waals surface area contributed by atoms with Crippen LogP contribution in [0.15, 0.2) is 0 Å². The predicted molar refractivity (Wildman–Crippen MR) is 104 cm³/mol. The molecule has 7 heteroatoms. The van der Waals surface area contributed by atoms with Crippen LogP contribution in [0.25, 0.3) is 0 Å². The van der Waals surface area contributed by atoms with E-state index in [1.54, 1.807) is 10.8 Å². The highest BCUT2D eigenvalue weighted by atomic mass is 33.1. The molecule has 0 bridgehead atoms. The van der Waals surface area contributed by atoms with Gasteiger partial charge in [0, 0.05) is 30.9 Å². The Morgan fingerprint density at radius 1 is 0.958 bits per heavy atom. The fraction of sp³-hybridized carbons (Fsp3) is 0.824. The summed E-state index contributed by atoms with van der Waals surface area (Å²) in [6.45, 7) is 12.7. The molecule has 0 aromatic heterocycles. The molecule has 0 aromatic rings. The van der Waals surface area contributed by atoms with E-state index < -0.39 is 6.04 Å². The molecule has 0 aliphatic heterocycles. The third-order valence-corrected chi connectivity index (χ3v) is 5.17. The van der Waals surface area contributed by atoms with Crippen LogP contribution in [0.1, 0.15) is 54.4 Å². The first-order valence-corrected chi connectivity index (χ1v) is 10.7. The van der Waals surface area contributed by atoms with Gasteiger partial charge in [-0.1, -0.05) is 63.1 Å². The number of hydrogen-bond acceptors (Lipinski definition) is 5. The Balaban J connectivity index is 3.83. The molecule has 2 amide bonds. The Kier molecular flexibility index (Phi) is 10.7. The molecule has 0 radical (unpaired) electrons. The van der Waals surface area contributed by atoms with E-state index in [2.05, 4.69) is 10.6 Å². The zero-order chi connectivity index (χ0) is 18.8. The summed E-state index contributed by atoms with van der Waals surface area (Å²) < 4.78 is 0. The standard InChI is InChI=1S/C17H32N2O3S2/c1-16(2,3)9-14(21)18-7-8-23-24-12-13(11-20)19-15(22)10-17(4,5)6/h11,13H,7-10,12H2,1-6H3,(H,18,21)(H,19,22)/t13-/m1/s1. The summed E-state index contributed by atoms with van der Waals surface area (Å²) in [5.41, 5.74) is -0.0981. The highest BCUT2D eigenvalue weighted by Gasteiger charge is 2.19. The van der Waals surface area contributed by atoms with Crippen molar-refractivity contribution in [1.82, 2.24) is 10.6 Å². The fourth-order valence-corrected chi connectivity index (χ4v) is 3.85. The highest BCUT2D eigenvalue weighted by molar-refractivity contribution is 8.76. The molecule has 2 N–H and O–H groups in total. The minimum Gasteiger partial charge on any atom is -0.355 e. The van der Waals surface area contributed by atoms with Crippen LogP contribution < -0.4 is 10.6 Å². The number of carbonyl (C=O) groups excluding carboxylic acids is 3. The van der Waals surface area contributed by atoms with Crippen molar-refractivity contribution in [2.75, 3.05) is 18.1 Å². The van der Waals surface area contributed by atoms with E-state index >= 15 is 0 Å². The van der Waals surface area contributed by atoms with Crippen LogP contribution in [-0.2, 0) is 14.4 Å². The van der Waals surface area contributed by atoms with Crippen LogP contribution in [0.2, 0.25) is 0 Å². The van der Waals surface area contributed by atoms with Gasteiger partial charge >= 0.3 is 0 Å². The van der Waals surface area contributed by atoms with Crippen molar-refractivity contribution in [3.8, 4) is 0 Å². The zero-order valence-electron chi connectivity index (χ0n) is 15.7. The largest absolute Gasteiger partial charge is 0.355 e. The fourth-order valence-electron chi connectivity index (χ4n) is 1.81.